The average Bonchev–Trinajstić information content (AvgIpc) is 3.37. The second-order valence-corrected chi connectivity index (χ2v) is 9.51. The van der Waals surface area contributed by atoms with Gasteiger partial charge in [0, 0.05) is 10.4 Å². The summed E-state index contributed by atoms with van der Waals surface area (Å²) < 4.78 is 13.3. The van der Waals surface area contributed by atoms with E-state index in [2.05, 4.69) is 4.99 Å². The first-order chi connectivity index (χ1) is 15.4. The summed E-state index contributed by atoms with van der Waals surface area (Å²) in [6.07, 6.45) is 1.55. The van der Waals surface area contributed by atoms with Crippen LogP contribution in [-0.4, -0.2) is 23.2 Å². The third-order valence-electron chi connectivity index (χ3n) is 4.90. The van der Waals surface area contributed by atoms with Crippen molar-refractivity contribution in [2.24, 2.45) is 4.99 Å². The molecule has 3 heterocycles. The minimum absolute atomic E-state index is 0.194. The number of benzene rings is 1. The number of nitrogens with zero attached hydrogens (tertiary/aromatic N) is 2. The van der Waals surface area contributed by atoms with Crippen molar-refractivity contribution >= 4 is 34.7 Å². The van der Waals surface area contributed by atoms with E-state index >= 15 is 0 Å². The van der Waals surface area contributed by atoms with Gasteiger partial charge in [0.15, 0.2) is 4.80 Å². The fraction of sp³-hybridized carbons (Fsp3) is 0.292. The van der Waals surface area contributed by atoms with Crippen LogP contribution in [-0.2, 0) is 9.53 Å². The van der Waals surface area contributed by atoms with Crippen molar-refractivity contribution in [2.75, 3.05) is 6.61 Å². The lowest BCUT2D eigenvalue weighted by molar-refractivity contribution is -0.143. The molecule has 0 spiro atoms. The molecule has 0 bridgehead atoms. The van der Waals surface area contributed by atoms with Gasteiger partial charge < -0.3 is 9.47 Å². The zero-order valence-corrected chi connectivity index (χ0v) is 20.0. The summed E-state index contributed by atoms with van der Waals surface area (Å²) in [6.45, 7) is 7.86. The number of esters is 1. The minimum Gasteiger partial charge on any atom is -0.493 e. The maximum absolute atomic E-state index is 13.6. The molecule has 0 unspecified atom stereocenters. The predicted octanol–water partition coefficient (Wildman–Crippen LogP) is 3.65. The number of ether oxygens (including phenoxy) is 2. The van der Waals surface area contributed by atoms with E-state index in [9.17, 15) is 9.59 Å². The zero-order chi connectivity index (χ0) is 22.8. The quantitative estimate of drug-likeness (QED) is 0.518. The summed E-state index contributed by atoms with van der Waals surface area (Å²) in [7, 11) is 0. The van der Waals surface area contributed by atoms with Crippen molar-refractivity contribution in [2.45, 2.75) is 39.8 Å². The van der Waals surface area contributed by atoms with E-state index in [0.29, 0.717) is 33.0 Å². The molecule has 0 saturated carbocycles. The molecule has 0 amide bonds. The molecule has 1 atom stereocenters. The van der Waals surface area contributed by atoms with Crippen LogP contribution in [0.5, 0.6) is 5.75 Å². The molecule has 6 nitrogen and oxygen atoms in total. The molecule has 0 radical (unpaired) electrons. The van der Waals surface area contributed by atoms with Gasteiger partial charge in [0.1, 0.15) is 11.8 Å². The zero-order valence-electron chi connectivity index (χ0n) is 18.3. The molecule has 0 fully saturated rings. The van der Waals surface area contributed by atoms with Crippen LogP contribution in [0.4, 0.5) is 0 Å². The SMILES string of the molecule is CCOc1ccccc1/C=c1/sc2n(c1=O)[C@@H](c1cccs1)C(C(=O)OC(C)C)=C(C)N=2. The molecule has 8 heteroatoms. The van der Waals surface area contributed by atoms with Crippen molar-refractivity contribution in [1.29, 1.82) is 0 Å². The van der Waals surface area contributed by atoms with Crippen LogP contribution in [0.1, 0.15) is 44.2 Å². The number of hydrogen-bond acceptors (Lipinski definition) is 7. The van der Waals surface area contributed by atoms with Crippen molar-refractivity contribution in [3.63, 3.8) is 0 Å². The normalized spacial score (nSPS) is 16.2. The molecular formula is C24H24N2O4S2. The van der Waals surface area contributed by atoms with Crippen LogP contribution in [0.2, 0.25) is 0 Å². The lowest BCUT2D eigenvalue weighted by Crippen LogP contribution is -2.39. The van der Waals surface area contributed by atoms with Gasteiger partial charge in [-0.2, -0.15) is 0 Å². The first kappa shape index (κ1) is 22.2. The third kappa shape index (κ3) is 4.20. The number of allylic oxidation sites excluding steroid dienone is 1. The summed E-state index contributed by atoms with van der Waals surface area (Å²) in [6, 6.07) is 10.9. The Kier molecular flexibility index (Phi) is 6.43. The molecule has 166 valence electrons. The number of carbonyl (C=O) groups excluding carboxylic acids is 1. The van der Waals surface area contributed by atoms with E-state index in [1.165, 1.54) is 22.7 Å². The summed E-state index contributed by atoms with van der Waals surface area (Å²) in [5, 5.41) is 1.93. The van der Waals surface area contributed by atoms with E-state index < -0.39 is 12.0 Å². The molecule has 0 saturated heterocycles. The van der Waals surface area contributed by atoms with Crippen molar-refractivity contribution in [3.05, 3.63) is 83.2 Å². The molecular weight excluding hydrogens is 444 g/mol. The summed E-state index contributed by atoms with van der Waals surface area (Å²) >= 11 is 2.80. The summed E-state index contributed by atoms with van der Waals surface area (Å²) in [5.41, 5.74) is 1.59. The van der Waals surface area contributed by atoms with Crippen LogP contribution in [0, 0.1) is 0 Å². The van der Waals surface area contributed by atoms with Crippen LogP contribution in [0.3, 0.4) is 0 Å². The van der Waals surface area contributed by atoms with Gasteiger partial charge in [-0.1, -0.05) is 35.6 Å². The van der Waals surface area contributed by atoms with Gasteiger partial charge >= 0.3 is 5.97 Å². The molecule has 1 aliphatic heterocycles. The highest BCUT2D eigenvalue weighted by molar-refractivity contribution is 7.10. The van der Waals surface area contributed by atoms with Crippen molar-refractivity contribution in [1.82, 2.24) is 4.57 Å². The maximum atomic E-state index is 13.6. The van der Waals surface area contributed by atoms with Gasteiger partial charge in [-0.15, -0.1) is 11.3 Å². The first-order valence-corrected chi connectivity index (χ1v) is 12.1. The Bertz CT molecular complexity index is 1350. The Hall–Kier alpha value is -2.97. The Labute approximate surface area is 193 Å². The van der Waals surface area contributed by atoms with E-state index in [0.717, 1.165) is 10.4 Å². The largest absolute Gasteiger partial charge is 0.493 e. The number of fused-ring (bicyclic) bond motifs is 1. The van der Waals surface area contributed by atoms with Crippen LogP contribution in [0.25, 0.3) is 6.08 Å². The Morgan fingerprint density at radius 1 is 1.25 bits per heavy atom. The molecule has 4 rings (SSSR count). The molecule has 32 heavy (non-hydrogen) atoms. The highest BCUT2D eigenvalue weighted by atomic mass is 32.1. The second-order valence-electron chi connectivity index (χ2n) is 7.52. The van der Waals surface area contributed by atoms with Crippen molar-refractivity contribution in [3.8, 4) is 5.75 Å². The number of rotatable bonds is 6. The van der Waals surface area contributed by atoms with Crippen LogP contribution < -0.4 is 19.6 Å². The summed E-state index contributed by atoms with van der Waals surface area (Å²) in [5.74, 6) is 0.267. The number of thiophene rings is 1. The van der Waals surface area contributed by atoms with Gasteiger partial charge in [-0.05, 0) is 51.3 Å². The first-order valence-electron chi connectivity index (χ1n) is 10.4. The van der Waals surface area contributed by atoms with E-state index in [1.807, 2.05) is 54.8 Å². The smallest absolute Gasteiger partial charge is 0.338 e. The molecule has 1 aromatic carbocycles. The number of thiazole rings is 1. The molecule has 0 N–H and O–H groups in total. The molecule has 3 aromatic rings. The van der Waals surface area contributed by atoms with Gasteiger partial charge in [0.2, 0.25) is 0 Å². The number of carbonyl (C=O) groups is 1. The predicted molar refractivity (Wildman–Crippen MR) is 127 cm³/mol. The fourth-order valence-electron chi connectivity index (χ4n) is 3.60. The van der Waals surface area contributed by atoms with E-state index in [-0.39, 0.29) is 11.7 Å². The van der Waals surface area contributed by atoms with Gasteiger partial charge in [0.05, 0.1) is 28.5 Å². The Morgan fingerprint density at radius 2 is 2.03 bits per heavy atom. The number of para-hydroxylation sites is 1. The molecule has 1 aliphatic rings. The minimum atomic E-state index is -0.568. The average molecular weight is 469 g/mol. The van der Waals surface area contributed by atoms with Crippen LogP contribution >= 0.6 is 22.7 Å². The lowest BCUT2D eigenvalue weighted by atomic mass is 10.0. The number of aromatic nitrogens is 1. The van der Waals surface area contributed by atoms with E-state index in [1.54, 1.807) is 25.3 Å². The van der Waals surface area contributed by atoms with Crippen LogP contribution in [0.15, 0.2) is 62.8 Å². The van der Waals surface area contributed by atoms with Crippen molar-refractivity contribution < 1.29 is 14.3 Å². The lowest BCUT2D eigenvalue weighted by Gasteiger charge is -2.24. The highest BCUT2D eigenvalue weighted by Gasteiger charge is 2.34. The standard InChI is InChI=1S/C24H24N2O4S2/c1-5-29-17-10-7-6-9-16(17)13-19-22(27)26-21(18-11-8-12-31-18)20(23(28)30-14(2)3)15(4)25-24(26)32-19/h6-14,21H,5H2,1-4H3/b19-13+/t21-/m0/s1. The Balaban J connectivity index is 1.91. The van der Waals surface area contributed by atoms with Gasteiger partial charge in [0.25, 0.3) is 5.56 Å². The summed E-state index contributed by atoms with van der Waals surface area (Å²) in [4.78, 5) is 32.6. The second kappa shape index (κ2) is 9.26. The van der Waals surface area contributed by atoms with Gasteiger partial charge in [-0.25, -0.2) is 9.79 Å². The maximum Gasteiger partial charge on any atom is 0.338 e. The monoisotopic (exact) mass is 468 g/mol. The third-order valence-corrected chi connectivity index (χ3v) is 6.81. The Morgan fingerprint density at radius 3 is 2.72 bits per heavy atom. The topological polar surface area (TPSA) is 69.9 Å². The highest BCUT2D eigenvalue weighted by Crippen LogP contribution is 2.33. The molecule has 2 aromatic heterocycles. The number of hydrogen-bond donors (Lipinski definition) is 0. The van der Waals surface area contributed by atoms with Gasteiger partial charge in [-0.3, -0.25) is 9.36 Å². The molecule has 0 aliphatic carbocycles. The fourth-order valence-corrected chi connectivity index (χ4v) is 5.47. The van der Waals surface area contributed by atoms with E-state index in [4.69, 9.17) is 9.47 Å².